The second-order valence-electron chi connectivity index (χ2n) is 10.5. The van der Waals surface area contributed by atoms with Crippen molar-refractivity contribution in [2.45, 2.75) is 39.2 Å². The number of benzene rings is 3. The zero-order valence-electron chi connectivity index (χ0n) is 24.6. The topological polar surface area (TPSA) is 112 Å². The fraction of sp³-hybridized carbons (Fsp3) is 0.242. The molecule has 0 unspecified atom stereocenters. The van der Waals surface area contributed by atoms with Crippen LogP contribution in [0, 0.1) is 5.82 Å². The first kappa shape index (κ1) is 28.8. The number of rotatable bonds is 10. The number of nitrogens with one attached hydrogen (secondary N) is 1. The third kappa shape index (κ3) is 5.21. The highest BCUT2D eigenvalue weighted by molar-refractivity contribution is 6.16. The van der Waals surface area contributed by atoms with E-state index in [1.807, 2.05) is 49.4 Å². The van der Waals surface area contributed by atoms with E-state index in [2.05, 4.69) is 20.6 Å². The van der Waals surface area contributed by atoms with E-state index in [9.17, 15) is 9.59 Å². The Morgan fingerprint density at radius 3 is 2.50 bits per heavy atom. The van der Waals surface area contributed by atoms with Crippen LogP contribution in [0.2, 0.25) is 0 Å². The molecule has 2 aromatic heterocycles. The zero-order valence-corrected chi connectivity index (χ0v) is 24.6. The molecule has 44 heavy (non-hydrogen) atoms. The largest absolute Gasteiger partial charge is 0.497 e. The maximum atomic E-state index is 16.6. The van der Waals surface area contributed by atoms with Gasteiger partial charge in [-0.2, -0.15) is 15.2 Å². The van der Waals surface area contributed by atoms with Gasteiger partial charge in [-0.1, -0.05) is 55.8 Å². The van der Waals surface area contributed by atoms with E-state index in [4.69, 9.17) is 9.47 Å². The van der Waals surface area contributed by atoms with E-state index in [1.54, 1.807) is 36.9 Å². The van der Waals surface area contributed by atoms with Crippen LogP contribution in [0.15, 0.2) is 76.9 Å². The van der Waals surface area contributed by atoms with Gasteiger partial charge in [0.05, 0.1) is 38.6 Å². The van der Waals surface area contributed by atoms with Gasteiger partial charge < -0.3 is 9.47 Å². The number of hydrazone groups is 1. The number of hydrogen-bond acceptors (Lipinski definition) is 7. The average Bonchev–Trinajstić information content (AvgIpc) is 3.71. The molecule has 5 aromatic rings. The molecule has 10 nitrogen and oxygen atoms in total. The van der Waals surface area contributed by atoms with Gasteiger partial charge >= 0.3 is 0 Å². The van der Waals surface area contributed by atoms with Crippen LogP contribution in [-0.4, -0.2) is 45.0 Å². The molecule has 0 atom stereocenters. The molecule has 6 rings (SSSR count). The fourth-order valence-electron chi connectivity index (χ4n) is 5.67. The number of carbonyl (C=O) groups excluding carboxylic acids is 1. The minimum absolute atomic E-state index is 0.00622. The van der Waals surface area contributed by atoms with Gasteiger partial charge in [-0.15, -0.1) is 0 Å². The highest BCUT2D eigenvalue weighted by Crippen LogP contribution is 2.31. The normalized spacial score (nSPS) is 12.8. The molecule has 11 heteroatoms. The van der Waals surface area contributed by atoms with Gasteiger partial charge in [0.15, 0.2) is 0 Å². The van der Waals surface area contributed by atoms with Crippen LogP contribution in [0.5, 0.6) is 11.5 Å². The van der Waals surface area contributed by atoms with Crippen molar-refractivity contribution in [2.75, 3.05) is 14.2 Å². The Balaban J connectivity index is 1.51. The first-order valence-electron chi connectivity index (χ1n) is 14.3. The van der Waals surface area contributed by atoms with Gasteiger partial charge in [0.25, 0.3) is 5.56 Å². The van der Waals surface area contributed by atoms with Crippen LogP contribution in [0.3, 0.4) is 0 Å². The third-order valence-corrected chi connectivity index (χ3v) is 7.79. The lowest BCUT2D eigenvalue weighted by molar-refractivity contribution is -0.119. The lowest BCUT2D eigenvalue weighted by Crippen LogP contribution is -2.30. The molecule has 0 saturated heterocycles. The molecule has 0 spiro atoms. The molecule has 3 aromatic carbocycles. The summed E-state index contributed by atoms with van der Waals surface area (Å²) in [4.78, 5) is 30.8. The molecule has 0 fully saturated rings. The number of hydrogen-bond donors (Lipinski definition) is 1. The minimum atomic E-state index is -0.523. The number of nitrogens with zero attached hydrogens (tertiary/aromatic N) is 5. The van der Waals surface area contributed by atoms with Crippen molar-refractivity contribution in [3.05, 3.63) is 111 Å². The minimum Gasteiger partial charge on any atom is -0.497 e. The van der Waals surface area contributed by atoms with Crippen LogP contribution in [0.4, 0.5) is 4.39 Å². The molecule has 224 valence electrons. The smallest absolute Gasteiger partial charge is 0.259 e. The van der Waals surface area contributed by atoms with E-state index in [0.717, 1.165) is 17.5 Å². The van der Waals surface area contributed by atoms with Crippen molar-refractivity contribution in [1.82, 2.24) is 24.6 Å². The van der Waals surface area contributed by atoms with Gasteiger partial charge in [-0.25, -0.2) is 14.3 Å². The van der Waals surface area contributed by atoms with Gasteiger partial charge in [0.2, 0.25) is 11.7 Å². The summed E-state index contributed by atoms with van der Waals surface area (Å²) in [6.45, 7) is 2.16. The summed E-state index contributed by atoms with van der Waals surface area (Å²) in [5, 5.41) is 8.59. The SMILES string of the molecule is CCCc1c(Cc2ccc(-c3ccccc3)c(C3=NNC(=O)C3)c2F)c(=O)n(Cc2ccc(OC)cc2OC)c2ncnn12. The maximum absolute atomic E-state index is 16.6. The molecule has 0 bridgehead atoms. The van der Waals surface area contributed by atoms with Crippen molar-refractivity contribution in [2.24, 2.45) is 5.10 Å². The molecule has 1 aliphatic rings. The van der Waals surface area contributed by atoms with Gasteiger partial charge in [-0.05, 0) is 35.2 Å². The number of ether oxygens (including phenoxy) is 2. The summed E-state index contributed by atoms with van der Waals surface area (Å²) in [6, 6.07) is 18.3. The molecule has 0 saturated carbocycles. The zero-order chi connectivity index (χ0) is 30.8. The van der Waals surface area contributed by atoms with E-state index in [-0.39, 0.29) is 36.4 Å². The number of halogens is 1. The number of amides is 1. The first-order chi connectivity index (χ1) is 21.4. The Bertz CT molecular complexity index is 1970. The second kappa shape index (κ2) is 12.1. The molecule has 1 amide bonds. The van der Waals surface area contributed by atoms with E-state index >= 15 is 4.39 Å². The fourth-order valence-corrected chi connectivity index (χ4v) is 5.67. The quantitative estimate of drug-likeness (QED) is 0.254. The number of fused-ring (bicyclic) bond motifs is 1. The molecular formula is C33H31FN6O4. The molecule has 3 heterocycles. The summed E-state index contributed by atoms with van der Waals surface area (Å²) in [6.07, 6.45) is 2.66. The van der Waals surface area contributed by atoms with E-state index in [1.165, 1.54) is 10.9 Å². The summed E-state index contributed by atoms with van der Waals surface area (Å²) < 4.78 is 30.7. The van der Waals surface area contributed by atoms with Crippen molar-refractivity contribution in [3.63, 3.8) is 0 Å². The summed E-state index contributed by atoms with van der Waals surface area (Å²) in [7, 11) is 3.13. The second-order valence-corrected chi connectivity index (χ2v) is 10.5. The number of aryl methyl sites for hydroxylation is 1. The van der Waals surface area contributed by atoms with Crippen LogP contribution in [-0.2, 0) is 24.2 Å². The lowest BCUT2D eigenvalue weighted by atomic mass is 9.90. The number of methoxy groups -OCH3 is 2. The Morgan fingerprint density at radius 2 is 1.80 bits per heavy atom. The Hall–Kier alpha value is -5.32. The van der Waals surface area contributed by atoms with E-state index in [0.29, 0.717) is 51.8 Å². The average molecular weight is 595 g/mol. The standard InChI is InChI=1S/C33H31FN6O4/c1-4-8-27-25(32(42)39(33-35-19-36-40(27)33)18-22-11-13-23(43-2)16-28(22)44-3)15-21-12-14-24(20-9-6-5-7-10-20)30(31(21)34)26-17-29(41)38-37-26/h5-7,9-14,16,19H,4,8,15,17-18H2,1-3H3,(H,38,41). The molecule has 1 N–H and O–H groups in total. The first-order valence-corrected chi connectivity index (χ1v) is 14.3. The Kier molecular flexibility index (Phi) is 7.93. The Labute approximate surface area is 252 Å². The van der Waals surface area contributed by atoms with Crippen molar-refractivity contribution >= 4 is 17.4 Å². The van der Waals surface area contributed by atoms with Gasteiger partial charge in [0.1, 0.15) is 23.6 Å². The monoisotopic (exact) mass is 594 g/mol. The van der Waals surface area contributed by atoms with Gasteiger partial charge in [-0.3, -0.25) is 14.2 Å². The van der Waals surface area contributed by atoms with Crippen LogP contribution in [0.25, 0.3) is 16.9 Å². The van der Waals surface area contributed by atoms with Crippen molar-refractivity contribution < 1.29 is 18.7 Å². The van der Waals surface area contributed by atoms with Crippen molar-refractivity contribution in [3.8, 4) is 22.6 Å². The van der Waals surface area contributed by atoms with Crippen LogP contribution in [0.1, 0.15) is 47.7 Å². The highest BCUT2D eigenvalue weighted by atomic mass is 19.1. The third-order valence-electron chi connectivity index (χ3n) is 7.79. The molecular weight excluding hydrogens is 563 g/mol. The predicted molar refractivity (Wildman–Crippen MR) is 164 cm³/mol. The highest BCUT2D eigenvalue weighted by Gasteiger charge is 2.27. The summed E-state index contributed by atoms with van der Waals surface area (Å²) >= 11 is 0. The summed E-state index contributed by atoms with van der Waals surface area (Å²) in [5.41, 5.74) is 6.25. The number of carbonyl (C=O) groups is 1. The van der Waals surface area contributed by atoms with Gasteiger partial charge in [0, 0.05) is 29.2 Å². The summed E-state index contributed by atoms with van der Waals surface area (Å²) in [5.74, 6) is 0.734. The molecule has 0 radical (unpaired) electrons. The van der Waals surface area contributed by atoms with E-state index < -0.39 is 5.82 Å². The van der Waals surface area contributed by atoms with Crippen LogP contribution < -0.4 is 20.5 Å². The molecule has 1 aliphatic heterocycles. The van der Waals surface area contributed by atoms with Crippen LogP contribution >= 0.6 is 0 Å². The predicted octanol–water partition coefficient (Wildman–Crippen LogP) is 4.53. The number of aromatic nitrogens is 4. The maximum Gasteiger partial charge on any atom is 0.259 e. The van der Waals surface area contributed by atoms with Crippen molar-refractivity contribution in [1.29, 1.82) is 0 Å². The molecule has 0 aliphatic carbocycles. The Morgan fingerprint density at radius 1 is 1.00 bits per heavy atom. The lowest BCUT2D eigenvalue weighted by Gasteiger charge is -2.18.